The van der Waals surface area contributed by atoms with Gasteiger partial charge in [0.2, 0.25) is 0 Å². The van der Waals surface area contributed by atoms with Gasteiger partial charge in [-0.25, -0.2) is 0 Å². The second-order valence-electron chi connectivity index (χ2n) is 9.92. The predicted molar refractivity (Wildman–Crippen MR) is 135 cm³/mol. The average Bonchev–Trinajstić information content (AvgIpc) is 2.69. The molecule has 1 aliphatic carbocycles. The zero-order valence-electron chi connectivity index (χ0n) is 20.2. The van der Waals surface area contributed by atoms with Gasteiger partial charge in [-0.1, -0.05) is 116 Å². The topological polar surface area (TPSA) is 23.5 Å². The van der Waals surface area contributed by atoms with E-state index in [-0.39, 0.29) is 28.6 Å². The first-order chi connectivity index (χ1) is 13.6. The number of hydrogen-bond donors (Lipinski definition) is 1. The molecule has 1 atom stereocenters. The Hall–Kier alpha value is 0.400. The van der Waals surface area contributed by atoms with Crippen molar-refractivity contribution in [2.24, 2.45) is 0 Å². The summed E-state index contributed by atoms with van der Waals surface area (Å²) in [5.74, 6) is 0. The van der Waals surface area contributed by atoms with E-state index in [4.69, 9.17) is 0 Å². The van der Waals surface area contributed by atoms with Gasteiger partial charge < -0.3 is 10.0 Å². The van der Waals surface area contributed by atoms with Crippen molar-refractivity contribution in [3.63, 3.8) is 0 Å². The zero-order chi connectivity index (χ0) is 20.5. The van der Waals surface area contributed by atoms with E-state index in [0.29, 0.717) is 0 Å². The van der Waals surface area contributed by atoms with Crippen molar-refractivity contribution in [2.45, 2.75) is 153 Å². The van der Waals surface area contributed by atoms with Crippen LogP contribution >= 0.6 is 17.0 Å². The highest BCUT2D eigenvalue weighted by Crippen LogP contribution is 2.36. The van der Waals surface area contributed by atoms with Crippen molar-refractivity contribution >= 4 is 17.0 Å². The van der Waals surface area contributed by atoms with Crippen LogP contribution in [0, 0.1) is 0 Å². The summed E-state index contributed by atoms with van der Waals surface area (Å²) in [6.07, 6.45) is 28.1. The van der Waals surface area contributed by atoms with Crippen molar-refractivity contribution < 1.29 is 5.11 Å². The summed E-state index contributed by atoms with van der Waals surface area (Å²) in [7, 11) is 4.43. The monoisotopic (exact) mass is 475 g/mol. The molecule has 0 radical (unpaired) electrons. The molecule has 29 heavy (non-hydrogen) atoms. The maximum absolute atomic E-state index is 10.6. The molecule has 0 aromatic carbocycles. The Kier molecular flexibility index (Phi) is 19.4. The highest BCUT2D eigenvalue weighted by atomic mass is 79.9. The maximum atomic E-state index is 10.6. The lowest BCUT2D eigenvalue weighted by molar-refractivity contribution is 0.0290. The highest BCUT2D eigenvalue weighted by molar-refractivity contribution is 8.93. The Bertz CT molecular complexity index is 342. The third-order valence-corrected chi connectivity index (χ3v) is 7.24. The van der Waals surface area contributed by atoms with E-state index in [2.05, 4.69) is 25.9 Å². The molecule has 0 amide bonds. The summed E-state index contributed by atoms with van der Waals surface area (Å²) in [6, 6.07) is 0. The predicted octanol–water partition coefficient (Wildman–Crippen LogP) is 8.45. The van der Waals surface area contributed by atoms with Gasteiger partial charge in [0.1, 0.15) is 0 Å². The van der Waals surface area contributed by atoms with E-state index in [1.54, 1.807) is 0 Å². The molecule has 1 fully saturated rings. The van der Waals surface area contributed by atoms with Gasteiger partial charge in [-0.2, -0.15) is 0 Å². The minimum atomic E-state index is -0.0992. The lowest BCUT2D eigenvalue weighted by Gasteiger charge is -2.44. The van der Waals surface area contributed by atoms with E-state index < -0.39 is 0 Å². The number of halogens is 1. The van der Waals surface area contributed by atoms with Gasteiger partial charge in [0.25, 0.3) is 0 Å². The molecule has 2 nitrogen and oxygen atoms in total. The van der Waals surface area contributed by atoms with Crippen LogP contribution in [0.3, 0.4) is 0 Å². The number of rotatable bonds is 18. The molecule has 0 spiro atoms. The molecular weight excluding hydrogens is 422 g/mol. The van der Waals surface area contributed by atoms with Crippen LogP contribution in [0.15, 0.2) is 0 Å². The first-order valence-electron chi connectivity index (χ1n) is 13.0. The van der Waals surface area contributed by atoms with Crippen LogP contribution in [-0.2, 0) is 0 Å². The van der Waals surface area contributed by atoms with Crippen molar-refractivity contribution in [2.75, 3.05) is 14.1 Å². The summed E-state index contributed by atoms with van der Waals surface area (Å²) < 4.78 is 0. The summed E-state index contributed by atoms with van der Waals surface area (Å²) in [5, 5.41) is 10.6. The van der Waals surface area contributed by atoms with Crippen LogP contribution in [0.4, 0.5) is 0 Å². The molecule has 3 heteroatoms. The first kappa shape index (κ1) is 29.4. The van der Waals surface area contributed by atoms with Crippen LogP contribution in [0.25, 0.3) is 0 Å². The molecule has 0 aromatic heterocycles. The molecule has 0 bridgehead atoms. The summed E-state index contributed by atoms with van der Waals surface area (Å²) in [4.78, 5) is 2.40. The molecular formula is C26H54BrNO. The van der Waals surface area contributed by atoms with Crippen LogP contribution < -0.4 is 0 Å². The van der Waals surface area contributed by atoms with Crippen LogP contribution in [-0.4, -0.2) is 35.7 Å². The fourth-order valence-electron chi connectivity index (χ4n) is 5.16. The Morgan fingerprint density at radius 1 is 0.690 bits per heavy atom. The number of hydrogen-bond acceptors (Lipinski definition) is 2. The fraction of sp³-hybridized carbons (Fsp3) is 1.00. The Morgan fingerprint density at radius 3 is 1.52 bits per heavy atom. The average molecular weight is 477 g/mol. The van der Waals surface area contributed by atoms with Crippen LogP contribution in [0.5, 0.6) is 0 Å². The van der Waals surface area contributed by atoms with E-state index >= 15 is 0 Å². The van der Waals surface area contributed by atoms with Crippen LogP contribution in [0.1, 0.15) is 142 Å². The summed E-state index contributed by atoms with van der Waals surface area (Å²) in [6.45, 7) is 2.29. The fourth-order valence-corrected chi connectivity index (χ4v) is 5.16. The lowest BCUT2D eigenvalue weighted by atomic mass is 9.76. The van der Waals surface area contributed by atoms with Gasteiger partial charge in [-0.05, 0) is 39.8 Å². The second kappa shape index (κ2) is 19.1. The number of nitrogens with zero attached hydrogens (tertiary/aromatic N) is 1. The third kappa shape index (κ3) is 14.2. The van der Waals surface area contributed by atoms with Crippen molar-refractivity contribution in [3.8, 4) is 0 Å². The molecule has 1 saturated carbocycles. The Morgan fingerprint density at radius 2 is 1.10 bits per heavy atom. The maximum Gasteiger partial charge on any atom is 0.0557 e. The quantitative estimate of drug-likeness (QED) is 0.201. The third-order valence-electron chi connectivity index (χ3n) is 7.24. The van der Waals surface area contributed by atoms with Gasteiger partial charge in [0, 0.05) is 5.54 Å². The standard InChI is InChI=1S/C26H53NO.BrH/c1-4-5-6-7-8-9-10-11-12-13-14-15-16-18-21-25(28)24-26(27(2)3)22-19-17-20-23-26;/h25,28H,4-24H2,1-3H3;1H. The summed E-state index contributed by atoms with van der Waals surface area (Å²) >= 11 is 0. The molecule has 1 rings (SSSR count). The normalized spacial score (nSPS) is 17.3. The molecule has 1 N–H and O–H groups in total. The largest absolute Gasteiger partial charge is 0.393 e. The van der Waals surface area contributed by atoms with Crippen LogP contribution in [0.2, 0.25) is 0 Å². The molecule has 0 aliphatic heterocycles. The molecule has 0 aromatic rings. The summed E-state index contributed by atoms with van der Waals surface area (Å²) in [5.41, 5.74) is 0.271. The zero-order valence-corrected chi connectivity index (χ0v) is 21.9. The van der Waals surface area contributed by atoms with E-state index in [9.17, 15) is 5.11 Å². The highest BCUT2D eigenvalue weighted by Gasteiger charge is 2.35. The smallest absolute Gasteiger partial charge is 0.0557 e. The Balaban J connectivity index is 0.00000784. The number of unbranched alkanes of at least 4 members (excludes halogenated alkanes) is 13. The van der Waals surface area contributed by atoms with Crippen molar-refractivity contribution in [3.05, 3.63) is 0 Å². The molecule has 1 aliphatic rings. The van der Waals surface area contributed by atoms with E-state index in [1.807, 2.05) is 0 Å². The van der Waals surface area contributed by atoms with Crippen molar-refractivity contribution in [1.29, 1.82) is 0 Å². The molecule has 0 heterocycles. The molecule has 176 valence electrons. The van der Waals surface area contributed by atoms with E-state index in [1.165, 1.54) is 122 Å². The molecule has 1 unspecified atom stereocenters. The Labute approximate surface area is 194 Å². The SMILES string of the molecule is Br.CCCCCCCCCCCCCCCCC(O)CC1(N(C)C)CCCCC1. The van der Waals surface area contributed by atoms with Gasteiger partial charge in [0.05, 0.1) is 6.10 Å². The second-order valence-corrected chi connectivity index (χ2v) is 9.92. The first-order valence-corrected chi connectivity index (χ1v) is 13.0. The minimum Gasteiger partial charge on any atom is -0.393 e. The number of aliphatic hydroxyl groups excluding tert-OH is 1. The molecule has 0 saturated heterocycles. The minimum absolute atomic E-state index is 0. The van der Waals surface area contributed by atoms with Gasteiger partial charge in [0.15, 0.2) is 0 Å². The van der Waals surface area contributed by atoms with E-state index in [0.717, 1.165) is 12.8 Å². The van der Waals surface area contributed by atoms with Crippen molar-refractivity contribution in [1.82, 2.24) is 4.90 Å². The van der Waals surface area contributed by atoms with Gasteiger partial charge in [-0.3, -0.25) is 0 Å². The van der Waals surface area contributed by atoms with Gasteiger partial charge in [-0.15, -0.1) is 17.0 Å². The number of aliphatic hydroxyl groups is 1. The van der Waals surface area contributed by atoms with Gasteiger partial charge >= 0.3 is 0 Å². The lowest BCUT2D eigenvalue weighted by Crippen LogP contribution is -2.48.